The normalized spacial score (nSPS) is 10.7. The largest absolute Gasteiger partial charge is 0.490 e. The maximum atomic E-state index is 5.71. The molecular weight excluding hydrogens is 430 g/mol. The highest BCUT2D eigenvalue weighted by Gasteiger charge is 2.07. The minimum Gasteiger partial charge on any atom is -0.490 e. The van der Waals surface area contributed by atoms with E-state index in [4.69, 9.17) is 9.47 Å². The first-order chi connectivity index (χ1) is 8.65. The van der Waals surface area contributed by atoms with Crippen LogP contribution in [0.15, 0.2) is 25.6 Å². The van der Waals surface area contributed by atoms with Crippen molar-refractivity contribution in [2.45, 2.75) is 6.92 Å². The van der Waals surface area contributed by atoms with Crippen LogP contribution >= 0.6 is 47.8 Å². The summed E-state index contributed by atoms with van der Waals surface area (Å²) in [5, 5.41) is 3.25. The average Bonchev–Trinajstić information content (AvgIpc) is 2.30. The lowest BCUT2D eigenvalue weighted by Crippen LogP contribution is -2.25. The van der Waals surface area contributed by atoms with Crippen LogP contribution in [0.2, 0.25) is 0 Å². The molecule has 0 aliphatic heterocycles. The minimum absolute atomic E-state index is 0.616. The van der Waals surface area contributed by atoms with Gasteiger partial charge in [0.05, 0.1) is 15.6 Å². The fraction of sp³-hybridized carbons (Fsp3) is 0.500. The number of halogens is 3. The first-order valence-electron chi connectivity index (χ1n) is 5.71. The predicted molar refractivity (Wildman–Crippen MR) is 84.4 cm³/mol. The van der Waals surface area contributed by atoms with Crippen molar-refractivity contribution in [2.75, 3.05) is 32.9 Å². The van der Waals surface area contributed by atoms with Crippen LogP contribution in [0.3, 0.4) is 0 Å². The molecule has 0 amide bonds. The molecule has 1 N–H and O–H groups in total. The zero-order valence-corrected chi connectivity index (χ0v) is 14.9. The van der Waals surface area contributed by atoms with Gasteiger partial charge in [-0.2, -0.15) is 0 Å². The summed E-state index contributed by atoms with van der Waals surface area (Å²) in [7, 11) is 0. The highest BCUT2D eigenvalue weighted by molar-refractivity contribution is 9.11. The smallest absolute Gasteiger partial charge is 0.147 e. The van der Waals surface area contributed by atoms with Crippen molar-refractivity contribution in [3.8, 4) is 5.75 Å². The number of nitrogens with one attached hydrogen (secondary N) is 1. The molecule has 6 heteroatoms. The lowest BCUT2D eigenvalue weighted by atomic mass is 10.3. The van der Waals surface area contributed by atoms with Crippen molar-refractivity contribution in [3.63, 3.8) is 0 Å². The van der Waals surface area contributed by atoms with Gasteiger partial charge < -0.3 is 14.8 Å². The fourth-order valence-corrected chi connectivity index (χ4v) is 3.79. The van der Waals surface area contributed by atoms with Crippen LogP contribution < -0.4 is 10.1 Å². The van der Waals surface area contributed by atoms with E-state index in [9.17, 15) is 0 Å². The quantitative estimate of drug-likeness (QED) is 0.614. The van der Waals surface area contributed by atoms with Gasteiger partial charge in [-0.25, -0.2) is 0 Å². The van der Waals surface area contributed by atoms with Crippen molar-refractivity contribution < 1.29 is 9.47 Å². The molecule has 0 saturated carbocycles. The Labute approximate surface area is 133 Å². The Morgan fingerprint density at radius 3 is 2.28 bits per heavy atom. The zero-order chi connectivity index (χ0) is 13.4. The third-order valence-corrected chi connectivity index (χ3v) is 3.75. The van der Waals surface area contributed by atoms with Crippen molar-refractivity contribution >= 4 is 47.8 Å². The number of benzene rings is 1. The van der Waals surface area contributed by atoms with Gasteiger partial charge in [0.2, 0.25) is 0 Å². The summed E-state index contributed by atoms with van der Waals surface area (Å²) in [6, 6.07) is 3.92. The molecule has 0 heterocycles. The summed E-state index contributed by atoms with van der Waals surface area (Å²) in [5.41, 5.74) is 0. The predicted octanol–water partition coefficient (Wildman–Crippen LogP) is 3.98. The van der Waals surface area contributed by atoms with E-state index >= 15 is 0 Å². The molecule has 0 spiro atoms. The Morgan fingerprint density at radius 2 is 1.67 bits per heavy atom. The molecule has 1 aromatic rings. The molecule has 0 saturated heterocycles. The molecule has 1 rings (SSSR count). The van der Waals surface area contributed by atoms with Crippen molar-refractivity contribution in [1.29, 1.82) is 0 Å². The topological polar surface area (TPSA) is 30.5 Å². The van der Waals surface area contributed by atoms with Crippen molar-refractivity contribution in [3.05, 3.63) is 25.6 Å². The van der Waals surface area contributed by atoms with E-state index < -0.39 is 0 Å². The summed E-state index contributed by atoms with van der Waals surface area (Å²) in [5.74, 6) is 0.824. The zero-order valence-electron chi connectivity index (χ0n) is 10.1. The third kappa shape index (κ3) is 6.02. The Bertz CT molecular complexity index is 351. The average molecular weight is 446 g/mol. The molecule has 0 radical (unpaired) electrons. The third-order valence-electron chi connectivity index (χ3n) is 2.12. The second-order valence-corrected chi connectivity index (χ2v) is 6.12. The van der Waals surface area contributed by atoms with Gasteiger partial charge in [0.1, 0.15) is 12.4 Å². The molecule has 0 aromatic heterocycles. The van der Waals surface area contributed by atoms with Gasteiger partial charge in [-0.1, -0.05) is 15.9 Å². The van der Waals surface area contributed by atoms with E-state index in [1.54, 1.807) is 0 Å². The maximum Gasteiger partial charge on any atom is 0.147 e. The van der Waals surface area contributed by atoms with E-state index in [1.807, 2.05) is 19.1 Å². The van der Waals surface area contributed by atoms with Gasteiger partial charge in [-0.15, -0.1) is 0 Å². The molecule has 0 fully saturated rings. The second kappa shape index (κ2) is 9.31. The molecule has 0 aliphatic rings. The first kappa shape index (κ1) is 16.4. The molecule has 0 unspecified atom stereocenters. The Balaban J connectivity index is 2.27. The highest BCUT2D eigenvalue weighted by atomic mass is 79.9. The number of hydrogen-bond acceptors (Lipinski definition) is 3. The van der Waals surface area contributed by atoms with Gasteiger partial charge in [0, 0.05) is 24.2 Å². The van der Waals surface area contributed by atoms with Crippen LogP contribution in [0.5, 0.6) is 5.75 Å². The van der Waals surface area contributed by atoms with Crippen LogP contribution in [-0.2, 0) is 4.74 Å². The molecule has 0 bridgehead atoms. The van der Waals surface area contributed by atoms with Crippen LogP contribution in [0.25, 0.3) is 0 Å². The summed E-state index contributed by atoms with van der Waals surface area (Å²) < 4.78 is 13.8. The van der Waals surface area contributed by atoms with E-state index in [-0.39, 0.29) is 0 Å². The summed E-state index contributed by atoms with van der Waals surface area (Å²) in [4.78, 5) is 0. The summed E-state index contributed by atoms with van der Waals surface area (Å²) in [6.45, 7) is 5.75. The second-order valence-electron chi connectivity index (χ2n) is 3.49. The van der Waals surface area contributed by atoms with Crippen molar-refractivity contribution in [2.24, 2.45) is 0 Å². The molecular formula is C12H16Br3NO2. The fourth-order valence-electron chi connectivity index (χ4n) is 1.31. The molecule has 18 heavy (non-hydrogen) atoms. The Hall–Kier alpha value is 0.380. The number of rotatable bonds is 8. The Morgan fingerprint density at radius 1 is 1.06 bits per heavy atom. The van der Waals surface area contributed by atoms with Crippen LogP contribution in [0, 0.1) is 0 Å². The van der Waals surface area contributed by atoms with Gasteiger partial charge in [0.25, 0.3) is 0 Å². The Kier molecular flexibility index (Phi) is 8.50. The maximum absolute atomic E-state index is 5.71. The van der Waals surface area contributed by atoms with E-state index in [0.29, 0.717) is 6.61 Å². The highest BCUT2D eigenvalue weighted by Crippen LogP contribution is 2.36. The van der Waals surface area contributed by atoms with Gasteiger partial charge in [0.15, 0.2) is 0 Å². The van der Waals surface area contributed by atoms with Gasteiger partial charge in [-0.3, -0.25) is 0 Å². The lowest BCUT2D eigenvalue weighted by molar-refractivity contribution is 0.148. The summed E-state index contributed by atoms with van der Waals surface area (Å²) >= 11 is 10.4. The van der Waals surface area contributed by atoms with Crippen LogP contribution in [0.1, 0.15) is 6.92 Å². The van der Waals surface area contributed by atoms with E-state index in [2.05, 4.69) is 53.1 Å². The van der Waals surface area contributed by atoms with Gasteiger partial charge in [-0.05, 0) is 50.9 Å². The monoisotopic (exact) mass is 443 g/mol. The molecule has 102 valence electrons. The SMILES string of the molecule is CCOCCNCCOc1c(Br)cc(Br)cc1Br. The van der Waals surface area contributed by atoms with E-state index in [1.165, 1.54) is 0 Å². The molecule has 0 aliphatic carbocycles. The van der Waals surface area contributed by atoms with Gasteiger partial charge >= 0.3 is 0 Å². The first-order valence-corrected chi connectivity index (χ1v) is 8.09. The molecule has 0 atom stereocenters. The molecule has 3 nitrogen and oxygen atoms in total. The number of ether oxygens (including phenoxy) is 2. The van der Waals surface area contributed by atoms with E-state index in [0.717, 1.165) is 45.5 Å². The standard InChI is InChI=1S/C12H16Br3NO2/c1-2-17-5-3-16-4-6-18-12-10(14)7-9(13)8-11(12)15/h7-8,16H,2-6H2,1H3. The molecule has 1 aromatic carbocycles. The lowest BCUT2D eigenvalue weighted by Gasteiger charge is -2.11. The summed E-state index contributed by atoms with van der Waals surface area (Å²) in [6.07, 6.45) is 0. The van der Waals surface area contributed by atoms with Crippen LogP contribution in [0.4, 0.5) is 0 Å². The van der Waals surface area contributed by atoms with Crippen LogP contribution in [-0.4, -0.2) is 32.9 Å². The minimum atomic E-state index is 0.616. The van der Waals surface area contributed by atoms with Crippen molar-refractivity contribution in [1.82, 2.24) is 5.32 Å². The number of hydrogen-bond donors (Lipinski definition) is 1.